The highest BCUT2D eigenvalue weighted by atomic mass is 127. The number of benzene rings is 1. The van der Waals surface area contributed by atoms with Crippen LogP contribution in [0.2, 0.25) is 0 Å². The van der Waals surface area contributed by atoms with Crippen LogP contribution in [0.5, 0.6) is 0 Å². The lowest BCUT2D eigenvalue weighted by molar-refractivity contribution is -0.120. The van der Waals surface area contributed by atoms with Crippen molar-refractivity contribution in [3.63, 3.8) is 0 Å². The average Bonchev–Trinajstić information content (AvgIpc) is 3.23. The Bertz CT molecular complexity index is 704. The number of amides is 1. The number of nitrogens with one attached hydrogen (secondary N) is 3. The van der Waals surface area contributed by atoms with E-state index in [0.717, 1.165) is 44.4 Å². The maximum Gasteiger partial charge on any atom is 0.239 e. The quantitative estimate of drug-likeness (QED) is 0.193. The van der Waals surface area contributed by atoms with Gasteiger partial charge in [0.05, 0.1) is 6.54 Å². The third kappa shape index (κ3) is 7.82. The molecule has 1 saturated carbocycles. The zero-order chi connectivity index (χ0) is 21.2. The zero-order valence-corrected chi connectivity index (χ0v) is 21.2. The van der Waals surface area contributed by atoms with Crippen LogP contribution in [0.15, 0.2) is 29.3 Å². The summed E-state index contributed by atoms with van der Waals surface area (Å²) in [6.45, 7) is 7.33. The molecule has 1 aliphatic carbocycles. The number of nitrogens with zero attached hydrogens (tertiary/aromatic N) is 2. The second kappa shape index (κ2) is 13.1. The Balaban J connectivity index is 0.00000341. The van der Waals surface area contributed by atoms with E-state index in [1.807, 2.05) is 7.05 Å². The van der Waals surface area contributed by atoms with E-state index in [1.165, 1.54) is 31.2 Å². The molecule has 1 aromatic carbocycles. The number of hydrogen-bond acceptors (Lipinski definition) is 4. The molecule has 0 aromatic heterocycles. The van der Waals surface area contributed by atoms with Crippen molar-refractivity contribution in [3.8, 4) is 0 Å². The van der Waals surface area contributed by atoms with Crippen LogP contribution in [0.3, 0.4) is 0 Å². The van der Waals surface area contributed by atoms with Crippen molar-refractivity contribution in [2.75, 3.05) is 51.3 Å². The van der Waals surface area contributed by atoms with Crippen molar-refractivity contribution in [2.45, 2.75) is 45.6 Å². The number of aliphatic imine (C=N–C) groups is 1. The Labute approximate surface area is 203 Å². The van der Waals surface area contributed by atoms with Crippen LogP contribution >= 0.6 is 24.0 Å². The molecular weight excluding hydrogens is 505 g/mol. The Hall–Kier alpha value is -1.55. The molecule has 1 aromatic rings. The Morgan fingerprint density at radius 3 is 2.61 bits per heavy atom. The summed E-state index contributed by atoms with van der Waals surface area (Å²) < 4.78 is 5.62. The molecule has 7 nitrogen and oxygen atoms in total. The fourth-order valence-corrected chi connectivity index (χ4v) is 4.43. The summed E-state index contributed by atoms with van der Waals surface area (Å²) in [5, 5.41) is 9.84. The molecular formula is C23H38IN5O2. The standard InChI is InChI=1S/C23H37N5O2.HI/c1-3-30-15-12-23(10-4-5-11-23)18-27-22(24-2)26-16-19-6-8-20(9-7-19)28-14-13-25-21(29)17-28;/h6-9H,3-5,10-18H2,1-2H3,(H,25,29)(H2,24,26,27);1H. The Morgan fingerprint density at radius 2 is 1.97 bits per heavy atom. The molecule has 1 heterocycles. The fraction of sp³-hybridized carbons (Fsp3) is 0.652. The lowest BCUT2D eigenvalue weighted by atomic mass is 9.83. The van der Waals surface area contributed by atoms with Crippen molar-refractivity contribution >= 4 is 41.5 Å². The van der Waals surface area contributed by atoms with E-state index in [4.69, 9.17) is 4.74 Å². The predicted molar refractivity (Wildman–Crippen MR) is 137 cm³/mol. The first kappa shape index (κ1) is 25.7. The molecule has 0 bridgehead atoms. The number of hydrogen-bond donors (Lipinski definition) is 3. The molecule has 2 fully saturated rings. The van der Waals surface area contributed by atoms with Crippen molar-refractivity contribution < 1.29 is 9.53 Å². The van der Waals surface area contributed by atoms with Gasteiger partial charge in [0.15, 0.2) is 5.96 Å². The van der Waals surface area contributed by atoms with E-state index in [1.54, 1.807) is 0 Å². The number of rotatable bonds is 9. The molecule has 8 heteroatoms. The molecule has 1 aliphatic heterocycles. The van der Waals surface area contributed by atoms with Gasteiger partial charge in [0, 0.05) is 52.1 Å². The number of halogens is 1. The van der Waals surface area contributed by atoms with Gasteiger partial charge in [-0.25, -0.2) is 0 Å². The van der Waals surface area contributed by atoms with Crippen LogP contribution in [0, 0.1) is 5.41 Å². The number of carbonyl (C=O) groups is 1. The van der Waals surface area contributed by atoms with Crippen LogP contribution in [0.1, 0.15) is 44.6 Å². The summed E-state index contributed by atoms with van der Waals surface area (Å²) in [7, 11) is 1.82. The molecule has 31 heavy (non-hydrogen) atoms. The van der Waals surface area contributed by atoms with Gasteiger partial charge in [-0.1, -0.05) is 25.0 Å². The van der Waals surface area contributed by atoms with E-state index in [9.17, 15) is 4.79 Å². The maximum absolute atomic E-state index is 11.6. The summed E-state index contributed by atoms with van der Waals surface area (Å²) in [4.78, 5) is 18.1. The van der Waals surface area contributed by atoms with Gasteiger partial charge in [-0.3, -0.25) is 9.79 Å². The molecule has 174 valence electrons. The molecule has 0 spiro atoms. The number of anilines is 1. The van der Waals surface area contributed by atoms with Gasteiger partial charge in [0.25, 0.3) is 0 Å². The van der Waals surface area contributed by atoms with Gasteiger partial charge >= 0.3 is 0 Å². The van der Waals surface area contributed by atoms with E-state index in [0.29, 0.717) is 25.0 Å². The summed E-state index contributed by atoms with van der Waals surface area (Å²) in [6, 6.07) is 8.41. The van der Waals surface area contributed by atoms with Crippen molar-refractivity contribution in [1.29, 1.82) is 0 Å². The number of ether oxygens (including phenoxy) is 1. The van der Waals surface area contributed by atoms with E-state index in [-0.39, 0.29) is 29.9 Å². The lowest BCUT2D eigenvalue weighted by Crippen LogP contribution is -2.47. The third-order valence-electron chi connectivity index (χ3n) is 6.30. The first-order valence-electron chi connectivity index (χ1n) is 11.3. The average molecular weight is 543 g/mol. The normalized spacial score (nSPS) is 18.3. The summed E-state index contributed by atoms with van der Waals surface area (Å²) in [6.07, 6.45) is 6.26. The molecule has 0 unspecified atom stereocenters. The predicted octanol–water partition coefficient (Wildman–Crippen LogP) is 2.89. The highest BCUT2D eigenvalue weighted by molar-refractivity contribution is 14.0. The first-order valence-corrected chi connectivity index (χ1v) is 11.3. The monoisotopic (exact) mass is 543 g/mol. The number of guanidine groups is 1. The van der Waals surface area contributed by atoms with E-state index in [2.05, 4.69) is 57.0 Å². The summed E-state index contributed by atoms with van der Waals surface area (Å²) in [5.41, 5.74) is 2.61. The summed E-state index contributed by atoms with van der Waals surface area (Å²) in [5.74, 6) is 0.928. The van der Waals surface area contributed by atoms with Crippen LogP contribution in [0.4, 0.5) is 5.69 Å². The van der Waals surface area contributed by atoms with Crippen LogP contribution in [-0.4, -0.2) is 58.3 Å². The van der Waals surface area contributed by atoms with E-state index < -0.39 is 0 Å². The van der Waals surface area contributed by atoms with Crippen molar-refractivity contribution in [2.24, 2.45) is 10.4 Å². The van der Waals surface area contributed by atoms with Crippen molar-refractivity contribution in [1.82, 2.24) is 16.0 Å². The largest absolute Gasteiger partial charge is 0.382 e. The SMILES string of the molecule is CCOCCC1(CNC(=NC)NCc2ccc(N3CCNC(=O)C3)cc2)CCCC1.I. The number of carbonyl (C=O) groups excluding carboxylic acids is 1. The van der Waals surface area contributed by atoms with Crippen LogP contribution in [0.25, 0.3) is 0 Å². The minimum Gasteiger partial charge on any atom is -0.382 e. The molecule has 1 saturated heterocycles. The minimum atomic E-state index is 0. The van der Waals surface area contributed by atoms with Gasteiger partial charge in [-0.15, -0.1) is 24.0 Å². The second-order valence-corrected chi connectivity index (χ2v) is 8.37. The second-order valence-electron chi connectivity index (χ2n) is 8.37. The molecule has 3 rings (SSSR count). The maximum atomic E-state index is 11.6. The summed E-state index contributed by atoms with van der Waals surface area (Å²) >= 11 is 0. The lowest BCUT2D eigenvalue weighted by Gasteiger charge is -2.30. The Kier molecular flexibility index (Phi) is 10.9. The third-order valence-corrected chi connectivity index (χ3v) is 6.30. The highest BCUT2D eigenvalue weighted by Crippen LogP contribution is 2.40. The van der Waals surface area contributed by atoms with Crippen molar-refractivity contribution in [3.05, 3.63) is 29.8 Å². The van der Waals surface area contributed by atoms with Gasteiger partial charge < -0.3 is 25.6 Å². The highest BCUT2D eigenvalue weighted by Gasteiger charge is 2.33. The molecule has 2 aliphatic rings. The van der Waals surface area contributed by atoms with Gasteiger partial charge in [0.2, 0.25) is 5.91 Å². The molecule has 3 N–H and O–H groups in total. The van der Waals surface area contributed by atoms with Crippen LogP contribution < -0.4 is 20.9 Å². The van der Waals surface area contributed by atoms with E-state index >= 15 is 0 Å². The van der Waals surface area contributed by atoms with Gasteiger partial charge in [0.1, 0.15) is 0 Å². The van der Waals surface area contributed by atoms with Crippen LogP contribution in [-0.2, 0) is 16.1 Å². The Morgan fingerprint density at radius 1 is 1.23 bits per heavy atom. The zero-order valence-electron chi connectivity index (χ0n) is 18.9. The first-order chi connectivity index (χ1) is 14.6. The molecule has 0 radical (unpaired) electrons. The smallest absolute Gasteiger partial charge is 0.239 e. The molecule has 1 amide bonds. The molecule has 0 atom stereocenters. The number of piperazine rings is 1. The van der Waals surface area contributed by atoms with Gasteiger partial charge in [-0.05, 0) is 49.3 Å². The topological polar surface area (TPSA) is 78.0 Å². The fourth-order valence-electron chi connectivity index (χ4n) is 4.43. The minimum absolute atomic E-state index is 0. The van der Waals surface area contributed by atoms with Gasteiger partial charge in [-0.2, -0.15) is 0 Å².